The van der Waals surface area contributed by atoms with Crippen LogP contribution in [0.4, 0.5) is 0 Å². The van der Waals surface area contributed by atoms with Crippen LogP contribution in [0, 0.1) is 5.92 Å². The predicted molar refractivity (Wildman–Crippen MR) is 68.1 cm³/mol. The molecule has 0 radical (unpaired) electrons. The second-order valence-corrected chi connectivity index (χ2v) is 6.61. The minimum atomic E-state index is -3.56. The van der Waals surface area contributed by atoms with Crippen molar-refractivity contribution in [1.82, 2.24) is 14.9 Å². The molecule has 0 bridgehead atoms. The molecule has 20 heavy (non-hydrogen) atoms. The summed E-state index contributed by atoms with van der Waals surface area (Å²) in [6, 6.07) is 0. The third kappa shape index (κ3) is 3.34. The molecule has 1 heterocycles. The van der Waals surface area contributed by atoms with Gasteiger partial charge in [0.15, 0.2) is 6.33 Å². The lowest BCUT2D eigenvalue weighted by atomic mass is 10.1. The third-order valence-electron chi connectivity index (χ3n) is 3.40. The van der Waals surface area contributed by atoms with Crippen LogP contribution in [0.5, 0.6) is 0 Å². The number of carbonyl (C=O) groups is 1. The fourth-order valence-corrected chi connectivity index (χ4v) is 4.19. The molecule has 112 valence electrons. The number of nitrogens with one attached hydrogen (secondary N) is 1. The second-order valence-electron chi connectivity index (χ2n) is 4.62. The highest BCUT2D eigenvalue weighted by Crippen LogP contribution is 2.31. The molecular formula is C11H17N3O5S. The maximum atomic E-state index is 12.2. The van der Waals surface area contributed by atoms with Gasteiger partial charge in [-0.15, -0.1) is 0 Å². The quantitative estimate of drug-likeness (QED) is 0.729. The number of rotatable bonds is 6. The molecule has 0 amide bonds. The van der Waals surface area contributed by atoms with E-state index in [4.69, 9.17) is 4.52 Å². The normalized spacial score (nSPS) is 22.9. The van der Waals surface area contributed by atoms with Gasteiger partial charge in [0, 0.05) is 13.0 Å². The van der Waals surface area contributed by atoms with Gasteiger partial charge in [-0.3, -0.25) is 4.79 Å². The Balaban J connectivity index is 1.93. The molecule has 1 aromatic rings. The van der Waals surface area contributed by atoms with Crippen molar-refractivity contribution < 1.29 is 22.5 Å². The lowest BCUT2D eigenvalue weighted by Crippen LogP contribution is -2.40. The Morgan fingerprint density at radius 1 is 1.55 bits per heavy atom. The number of sulfonamides is 1. The number of esters is 1. The van der Waals surface area contributed by atoms with Crippen LogP contribution in [0.15, 0.2) is 10.9 Å². The zero-order valence-electron chi connectivity index (χ0n) is 11.1. The summed E-state index contributed by atoms with van der Waals surface area (Å²) in [5.74, 6) is -0.681. The van der Waals surface area contributed by atoms with Crippen LogP contribution >= 0.6 is 0 Å². The van der Waals surface area contributed by atoms with E-state index in [9.17, 15) is 13.2 Å². The maximum absolute atomic E-state index is 12.2. The smallest absolute Gasteiger partial charge is 0.310 e. The van der Waals surface area contributed by atoms with E-state index in [1.807, 2.05) is 0 Å². The zero-order valence-corrected chi connectivity index (χ0v) is 11.9. The summed E-state index contributed by atoms with van der Waals surface area (Å²) in [5, 5.41) is 2.71. The Bertz CT molecular complexity index is 542. The molecule has 0 aliphatic heterocycles. The molecule has 0 spiro atoms. The first kappa shape index (κ1) is 14.9. The monoisotopic (exact) mass is 303 g/mol. The molecule has 0 aromatic carbocycles. The fourth-order valence-electron chi connectivity index (χ4n) is 2.43. The number of ether oxygens (including phenoxy) is 1. The number of methoxy groups -OCH3 is 1. The third-order valence-corrected chi connectivity index (χ3v) is 5.37. The zero-order chi connectivity index (χ0) is 14.6. The topological polar surface area (TPSA) is 111 Å². The van der Waals surface area contributed by atoms with Crippen LogP contribution < -0.4 is 4.72 Å². The van der Waals surface area contributed by atoms with Gasteiger partial charge in [-0.1, -0.05) is 11.6 Å². The van der Waals surface area contributed by atoms with Crippen LogP contribution in [0.1, 0.15) is 25.2 Å². The van der Waals surface area contributed by atoms with Crippen molar-refractivity contribution in [1.29, 1.82) is 0 Å². The van der Waals surface area contributed by atoms with Gasteiger partial charge in [-0.25, -0.2) is 13.1 Å². The molecule has 2 unspecified atom stereocenters. The van der Waals surface area contributed by atoms with E-state index in [0.29, 0.717) is 31.6 Å². The van der Waals surface area contributed by atoms with Gasteiger partial charge in [0.05, 0.1) is 18.3 Å². The Kier molecular flexibility index (Phi) is 4.71. The van der Waals surface area contributed by atoms with E-state index >= 15 is 0 Å². The van der Waals surface area contributed by atoms with Gasteiger partial charge in [0.25, 0.3) is 0 Å². The van der Waals surface area contributed by atoms with Crippen molar-refractivity contribution in [3.8, 4) is 0 Å². The van der Waals surface area contributed by atoms with Crippen molar-refractivity contribution >= 4 is 16.0 Å². The van der Waals surface area contributed by atoms with Crippen LogP contribution in [-0.4, -0.2) is 43.4 Å². The minimum Gasteiger partial charge on any atom is -0.469 e. The first-order valence-electron chi connectivity index (χ1n) is 6.36. The molecule has 2 rings (SSSR count). The summed E-state index contributed by atoms with van der Waals surface area (Å²) in [6.45, 7) is 0.162. The highest BCUT2D eigenvalue weighted by molar-refractivity contribution is 7.90. The summed E-state index contributed by atoms with van der Waals surface area (Å²) < 4.78 is 36.3. The molecule has 1 aromatic heterocycles. The molecule has 0 saturated heterocycles. The largest absolute Gasteiger partial charge is 0.469 e. The second kappa shape index (κ2) is 6.31. The van der Waals surface area contributed by atoms with Crippen molar-refractivity contribution in [2.24, 2.45) is 5.92 Å². The maximum Gasteiger partial charge on any atom is 0.310 e. The van der Waals surface area contributed by atoms with Crippen molar-refractivity contribution in [2.45, 2.75) is 30.9 Å². The average molecular weight is 303 g/mol. The number of hydrogen-bond acceptors (Lipinski definition) is 7. The van der Waals surface area contributed by atoms with Crippen molar-refractivity contribution in [2.75, 3.05) is 13.7 Å². The molecule has 9 heteroatoms. The van der Waals surface area contributed by atoms with Crippen LogP contribution in [0.25, 0.3) is 0 Å². The average Bonchev–Trinajstić information content (AvgIpc) is 3.08. The lowest BCUT2D eigenvalue weighted by molar-refractivity contribution is -0.145. The van der Waals surface area contributed by atoms with Crippen molar-refractivity contribution in [3.63, 3.8) is 0 Å². The van der Waals surface area contributed by atoms with E-state index in [0.717, 1.165) is 0 Å². The Morgan fingerprint density at radius 2 is 2.35 bits per heavy atom. The van der Waals surface area contributed by atoms with Gasteiger partial charge >= 0.3 is 5.97 Å². The molecule has 1 aliphatic rings. The van der Waals surface area contributed by atoms with E-state index in [-0.39, 0.29) is 6.54 Å². The SMILES string of the molecule is COC(=O)C1CCCC1S(=O)(=O)NCCc1ncno1. The van der Waals surface area contributed by atoms with Crippen LogP contribution in [0.2, 0.25) is 0 Å². The van der Waals surface area contributed by atoms with Crippen LogP contribution in [-0.2, 0) is 26.0 Å². The summed E-state index contributed by atoms with van der Waals surface area (Å²) >= 11 is 0. The summed E-state index contributed by atoms with van der Waals surface area (Å²) in [6.07, 6.45) is 3.29. The predicted octanol–water partition coefficient (Wildman–Crippen LogP) is -0.127. The summed E-state index contributed by atoms with van der Waals surface area (Å²) in [7, 11) is -2.29. The Hall–Kier alpha value is -1.48. The van der Waals surface area contributed by atoms with Gasteiger partial charge in [0.2, 0.25) is 15.9 Å². The van der Waals surface area contributed by atoms with Crippen molar-refractivity contribution in [3.05, 3.63) is 12.2 Å². The Labute approximate surface area is 116 Å². The molecule has 1 fully saturated rings. The first-order valence-corrected chi connectivity index (χ1v) is 7.91. The van der Waals surface area contributed by atoms with Crippen LogP contribution in [0.3, 0.4) is 0 Å². The summed E-state index contributed by atoms with van der Waals surface area (Å²) in [4.78, 5) is 15.4. The van der Waals surface area contributed by atoms with Gasteiger partial charge in [-0.2, -0.15) is 4.98 Å². The van der Waals surface area contributed by atoms with Gasteiger partial charge < -0.3 is 9.26 Å². The van der Waals surface area contributed by atoms with E-state index in [2.05, 4.69) is 19.6 Å². The summed E-state index contributed by atoms with van der Waals surface area (Å²) in [5.41, 5.74) is 0. The number of nitrogens with zero attached hydrogens (tertiary/aromatic N) is 2. The fraction of sp³-hybridized carbons (Fsp3) is 0.727. The molecule has 1 aliphatic carbocycles. The van der Waals surface area contributed by atoms with E-state index < -0.39 is 27.2 Å². The lowest BCUT2D eigenvalue weighted by Gasteiger charge is -2.18. The minimum absolute atomic E-state index is 0.162. The molecule has 1 saturated carbocycles. The first-order chi connectivity index (χ1) is 9.54. The van der Waals surface area contributed by atoms with Gasteiger partial charge in [0.1, 0.15) is 0 Å². The number of aromatic nitrogens is 2. The molecule has 1 N–H and O–H groups in total. The van der Waals surface area contributed by atoms with E-state index in [1.54, 1.807) is 0 Å². The molecular weight excluding hydrogens is 286 g/mol. The van der Waals surface area contributed by atoms with E-state index in [1.165, 1.54) is 13.4 Å². The highest BCUT2D eigenvalue weighted by atomic mass is 32.2. The number of carbonyl (C=O) groups excluding carboxylic acids is 1. The van der Waals surface area contributed by atoms with Gasteiger partial charge in [-0.05, 0) is 12.8 Å². The number of hydrogen-bond donors (Lipinski definition) is 1. The standard InChI is InChI=1S/C11H17N3O5S/c1-18-11(15)8-3-2-4-9(8)20(16,17)14-6-5-10-12-7-13-19-10/h7-9,14H,2-6H2,1H3. The highest BCUT2D eigenvalue weighted by Gasteiger charge is 2.41. The Morgan fingerprint density at radius 3 is 3.00 bits per heavy atom. The molecule has 8 nitrogen and oxygen atoms in total. The molecule has 2 atom stereocenters.